The van der Waals surface area contributed by atoms with Crippen LogP contribution < -0.4 is 5.73 Å². The molecule has 4 nitrogen and oxygen atoms in total. The number of hydrogen-bond acceptors (Lipinski definition) is 3. The number of aryl methyl sites for hydroxylation is 1. The standard InChI is InChI=1S/C16H15ClN4/c1-21-10-20-14(12-6-4-11(9-17)5-7-12)15(21)13-3-2-8-19-16(13)18/h2-8,10H,9H2,1H3,(H2,18,19). The summed E-state index contributed by atoms with van der Waals surface area (Å²) < 4.78 is 1.96. The summed E-state index contributed by atoms with van der Waals surface area (Å²) in [5.41, 5.74) is 10.8. The maximum atomic E-state index is 6.00. The molecule has 3 aromatic rings. The van der Waals surface area contributed by atoms with Gasteiger partial charge in [-0.3, -0.25) is 0 Å². The minimum atomic E-state index is 0.500. The molecule has 0 amide bonds. The van der Waals surface area contributed by atoms with Gasteiger partial charge in [-0.05, 0) is 17.7 Å². The lowest BCUT2D eigenvalue weighted by molar-refractivity contribution is 0.921. The Bertz CT molecular complexity index is 762. The number of nitrogens with zero attached hydrogens (tertiary/aromatic N) is 3. The van der Waals surface area contributed by atoms with Crippen molar-refractivity contribution >= 4 is 17.4 Å². The Labute approximate surface area is 128 Å². The molecule has 0 unspecified atom stereocenters. The van der Waals surface area contributed by atoms with Crippen LogP contribution in [0.15, 0.2) is 48.9 Å². The van der Waals surface area contributed by atoms with Crippen molar-refractivity contribution in [1.29, 1.82) is 0 Å². The van der Waals surface area contributed by atoms with Crippen LogP contribution in [0, 0.1) is 0 Å². The highest BCUT2D eigenvalue weighted by molar-refractivity contribution is 6.17. The fourth-order valence-corrected chi connectivity index (χ4v) is 2.51. The molecule has 0 radical (unpaired) electrons. The van der Waals surface area contributed by atoms with Crippen molar-refractivity contribution in [3.8, 4) is 22.5 Å². The molecule has 0 bridgehead atoms. The zero-order chi connectivity index (χ0) is 14.8. The summed E-state index contributed by atoms with van der Waals surface area (Å²) in [5.74, 6) is 1.00. The van der Waals surface area contributed by atoms with Crippen molar-refractivity contribution < 1.29 is 0 Å². The van der Waals surface area contributed by atoms with Gasteiger partial charge in [0.25, 0.3) is 0 Å². The van der Waals surface area contributed by atoms with Crippen LogP contribution in [-0.2, 0) is 12.9 Å². The van der Waals surface area contributed by atoms with Crippen molar-refractivity contribution in [2.75, 3.05) is 5.73 Å². The van der Waals surface area contributed by atoms with Crippen molar-refractivity contribution in [2.24, 2.45) is 7.05 Å². The van der Waals surface area contributed by atoms with Gasteiger partial charge in [0.05, 0.1) is 17.7 Å². The highest BCUT2D eigenvalue weighted by atomic mass is 35.5. The summed E-state index contributed by atoms with van der Waals surface area (Å²) in [6, 6.07) is 11.9. The van der Waals surface area contributed by atoms with Gasteiger partial charge in [-0.1, -0.05) is 24.3 Å². The van der Waals surface area contributed by atoms with Gasteiger partial charge in [-0.15, -0.1) is 11.6 Å². The molecule has 2 heterocycles. The highest BCUT2D eigenvalue weighted by Gasteiger charge is 2.15. The average Bonchev–Trinajstić information content (AvgIpc) is 2.89. The van der Waals surface area contributed by atoms with Gasteiger partial charge < -0.3 is 10.3 Å². The lowest BCUT2D eigenvalue weighted by atomic mass is 10.0. The molecule has 1 aromatic carbocycles. The Kier molecular flexibility index (Phi) is 3.62. The molecule has 2 N–H and O–H groups in total. The quantitative estimate of drug-likeness (QED) is 0.753. The Morgan fingerprint density at radius 3 is 2.57 bits per heavy atom. The van der Waals surface area contributed by atoms with E-state index < -0.39 is 0 Å². The van der Waals surface area contributed by atoms with E-state index in [0.29, 0.717) is 11.7 Å². The second kappa shape index (κ2) is 5.58. The second-order valence-electron chi connectivity index (χ2n) is 4.82. The van der Waals surface area contributed by atoms with Crippen LogP contribution in [0.25, 0.3) is 22.5 Å². The van der Waals surface area contributed by atoms with Crippen LogP contribution in [0.5, 0.6) is 0 Å². The van der Waals surface area contributed by atoms with Crippen LogP contribution >= 0.6 is 11.6 Å². The van der Waals surface area contributed by atoms with E-state index in [1.807, 2.05) is 48.0 Å². The van der Waals surface area contributed by atoms with E-state index >= 15 is 0 Å². The molecule has 0 saturated heterocycles. The van der Waals surface area contributed by atoms with Crippen molar-refractivity contribution in [1.82, 2.24) is 14.5 Å². The maximum absolute atomic E-state index is 6.00. The van der Waals surface area contributed by atoms with Crippen LogP contribution in [-0.4, -0.2) is 14.5 Å². The summed E-state index contributed by atoms with van der Waals surface area (Å²) in [7, 11) is 1.95. The predicted molar refractivity (Wildman–Crippen MR) is 85.8 cm³/mol. The number of alkyl halides is 1. The van der Waals surface area contributed by atoms with E-state index in [1.54, 1.807) is 12.5 Å². The number of benzene rings is 1. The minimum absolute atomic E-state index is 0.500. The number of nitrogens with two attached hydrogens (primary N) is 1. The lowest BCUT2D eigenvalue weighted by Crippen LogP contribution is -1.98. The topological polar surface area (TPSA) is 56.7 Å². The molecule has 21 heavy (non-hydrogen) atoms. The van der Waals surface area contributed by atoms with Crippen LogP contribution in [0.4, 0.5) is 5.82 Å². The van der Waals surface area contributed by atoms with Crippen LogP contribution in [0.1, 0.15) is 5.56 Å². The summed E-state index contributed by atoms with van der Waals surface area (Å²) in [4.78, 5) is 8.66. The molecule has 2 aromatic heterocycles. The Morgan fingerprint density at radius 2 is 1.90 bits per heavy atom. The molecular formula is C16H15ClN4. The van der Waals surface area contributed by atoms with Gasteiger partial charge in [0.2, 0.25) is 0 Å². The monoisotopic (exact) mass is 298 g/mol. The smallest absolute Gasteiger partial charge is 0.132 e. The minimum Gasteiger partial charge on any atom is -0.383 e. The number of nitrogen functional groups attached to an aromatic ring is 1. The molecule has 0 aliphatic carbocycles. The first-order chi connectivity index (χ1) is 10.2. The van der Waals surface area contributed by atoms with Crippen molar-refractivity contribution in [3.05, 3.63) is 54.5 Å². The van der Waals surface area contributed by atoms with E-state index in [9.17, 15) is 0 Å². The van der Waals surface area contributed by atoms with E-state index in [-0.39, 0.29) is 0 Å². The average molecular weight is 299 g/mol. The van der Waals surface area contributed by atoms with E-state index in [1.165, 1.54) is 0 Å². The highest BCUT2D eigenvalue weighted by Crippen LogP contribution is 2.33. The van der Waals surface area contributed by atoms with Gasteiger partial charge in [-0.25, -0.2) is 9.97 Å². The number of pyridine rings is 1. The molecule has 0 aliphatic heterocycles. The van der Waals surface area contributed by atoms with Crippen LogP contribution in [0.3, 0.4) is 0 Å². The van der Waals surface area contributed by atoms with Gasteiger partial charge in [0.15, 0.2) is 0 Å². The predicted octanol–water partition coefficient (Wildman–Crippen LogP) is 3.47. The van der Waals surface area contributed by atoms with Gasteiger partial charge in [-0.2, -0.15) is 0 Å². The lowest BCUT2D eigenvalue weighted by Gasteiger charge is -2.09. The zero-order valence-electron chi connectivity index (χ0n) is 11.6. The number of anilines is 1. The summed E-state index contributed by atoms with van der Waals surface area (Å²) in [6.45, 7) is 0. The normalized spacial score (nSPS) is 10.8. The Hall–Kier alpha value is -2.33. The fourth-order valence-electron chi connectivity index (χ4n) is 2.33. The SMILES string of the molecule is Cn1cnc(-c2ccc(CCl)cc2)c1-c1cccnc1N. The summed E-state index contributed by atoms with van der Waals surface area (Å²) in [6.07, 6.45) is 3.47. The molecule has 0 fully saturated rings. The molecule has 3 rings (SSSR count). The van der Waals surface area contributed by atoms with E-state index in [0.717, 1.165) is 28.1 Å². The largest absolute Gasteiger partial charge is 0.383 e. The molecular weight excluding hydrogens is 284 g/mol. The summed E-state index contributed by atoms with van der Waals surface area (Å²) >= 11 is 5.83. The van der Waals surface area contributed by atoms with Crippen molar-refractivity contribution in [2.45, 2.75) is 5.88 Å². The van der Waals surface area contributed by atoms with Gasteiger partial charge in [0.1, 0.15) is 5.82 Å². The molecule has 5 heteroatoms. The third kappa shape index (κ3) is 2.50. The third-order valence-corrected chi connectivity index (χ3v) is 3.72. The van der Waals surface area contributed by atoms with E-state index in [2.05, 4.69) is 9.97 Å². The van der Waals surface area contributed by atoms with E-state index in [4.69, 9.17) is 17.3 Å². The van der Waals surface area contributed by atoms with Crippen LogP contribution in [0.2, 0.25) is 0 Å². The Balaban J connectivity index is 2.15. The second-order valence-corrected chi connectivity index (χ2v) is 5.09. The number of rotatable bonds is 3. The molecule has 106 valence electrons. The van der Waals surface area contributed by atoms with Gasteiger partial charge >= 0.3 is 0 Å². The third-order valence-electron chi connectivity index (χ3n) is 3.41. The molecule has 0 atom stereocenters. The number of hydrogen-bond donors (Lipinski definition) is 1. The molecule has 0 saturated carbocycles. The zero-order valence-corrected chi connectivity index (χ0v) is 12.4. The Morgan fingerprint density at radius 1 is 1.14 bits per heavy atom. The number of halogens is 1. The van der Waals surface area contributed by atoms with Gasteiger partial charge in [0, 0.05) is 30.3 Å². The molecule has 0 aliphatic rings. The first-order valence-corrected chi connectivity index (χ1v) is 7.11. The fraction of sp³-hybridized carbons (Fsp3) is 0.125. The first kappa shape index (κ1) is 13.6. The number of imidazole rings is 1. The molecule has 0 spiro atoms. The maximum Gasteiger partial charge on any atom is 0.132 e. The summed E-state index contributed by atoms with van der Waals surface area (Å²) in [5, 5.41) is 0. The van der Waals surface area contributed by atoms with Crippen molar-refractivity contribution in [3.63, 3.8) is 0 Å². The number of aromatic nitrogens is 3. The first-order valence-electron chi connectivity index (χ1n) is 6.58.